The molecule has 0 heterocycles. The second-order valence-corrected chi connectivity index (χ2v) is 5.64. The zero-order chi connectivity index (χ0) is 15.3. The number of nitrogens with zero attached hydrogens (tertiary/aromatic N) is 1. The van der Waals surface area contributed by atoms with Crippen LogP contribution in [0.25, 0.3) is 0 Å². The summed E-state index contributed by atoms with van der Waals surface area (Å²) in [6.45, 7) is 3.71. The number of nitrogens with one attached hydrogen (secondary N) is 1. The molecule has 1 rings (SSSR count). The molecule has 0 bridgehead atoms. The lowest BCUT2D eigenvalue weighted by atomic mass is 9.91. The standard InChI is InChI=1S/C13H17BrClN3O2/c1-3-13(4-2,12(16)18-20)17-11(19)9-7-8(15)5-6-10(9)14/h5-7,20H,3-4H2,1-2H3,(H2,16,18)(H,17,19). The number of hydrogen-bond acceptors (Lipinski definition) is 3. The maximum atomic E-state index is 12.4. The van der Waals surface area contributed by atoms with Crippen LogP contribution in [0, 0.1) is 0 Å². The average Bonchev–Trinajstić information content (AvgIpc) is 2.46. The number of oxime groups is 1. The van der Waals surface area contributed by atoms with Crippen molar-refractivity contribution in [1.82, 2.24) is 5.32 Å². The van der Waals surface area contributed by atoms with Crippen molar-refractivity contribution in [3.05, 3.63) is 33.3 Å². The fraction of sp³-hybridized carbons (Fsp3) is 0.385. The van der Waals surface area contributed by atoms with Gasteiger partial charge >= 0.3 is 0 Å². The molecule has 1 aromatic rings. The third-order valence-corrected chi connectivity index (χ3v) is 4.26. The molecule has 0 saturated heterocycles. The van der Waals surface area contributed by atoms with Gasteiger partial charge in [0.25, 0.3) is 5.91 Å². The Kier molecular flexibility index (Phi) is 5.83. The van der Waals surface area contributed by atoms with E-state index < -0.39 is 5.54 Å². The minimum Gasteiger partial charge on any atom is -0.409 e. The number of hydrogen-bond donors (Lipinski definition) is 3. The molecule has 0 spiro atoms. The van der Waals surface area contributed by atoms with Gasteiger partial charge in [-0.2, -0.15) is 0 Å². The van der Waals surface area contributed by atoms with E-state index in [4.69, 9.17) is 22.5 Å². The highest BCUT2D eigenvalue weighted by molar-refractivity contribution is 9.10. The van der Waals surface area contributed by atoms with Gasteiger partial charge in [0.1, 0.15) is 5.54 Å². The highest BCUT2D eigenvalue weighted by Gasteiger charge is 2.33. The minimum absolute atomic E-state index is 0.0194. The van der Waals surface area contributed by atoms with Crippen LogP contribution in [0.5, 0.6) is 0 Å². The normalized spacial score (nSPS) is 12.3. The van der Waals surface area contributed by atoms with Crippen molar-refractivity contribution < 1.29 is 10.0 Å². The predicted molar refractivity (Wildman–Crippen MR) is 83.3 cm³/mol. The first-order valence-electron chi connectivity index (χ1n) is 6.15. The highest BCUT2D eigenvalue weighted by atomic mass is 79.9. The van der Waals surface area contributed by atoms with Gasteiger partial charge in [-0.25, -0.2) is 0 Å². The van der Waals surface area contributed by atoms with Crippen LogP contribution < -0.4 is 11.1 Å². The Morgan fingerprint density at radius 3 is 2.60 bits per heavy atom. The van der Waals surface area contributed by atoms with Crippen molar-refractivity contribution >= 4 is 39.3 Å². The first kappa shape index (κ1) is 16.8. The van der Waals surface area contributed by atoms with Crippen LogP contribution in [0.4, 0.5) is 0 Å². The molecule has 1 aromatic carbocycles. The van der Waals surface area contributed by atoms with Gasteiger partial charge in [-0.05, 0) is 47.0 Å². The van der Waals surface area contributed by atoms with E-state index in [0.29, 0.717) is 27.9 Å². The van der Waals surface area contributed by atoms with Crippen LogP contribution in [-0.4, -0.2) is 22.5 Å². The van der Waals surface area contributed by atoms with Crippen molar-refractivity contribution in [2.75, 3.05) is 0 Å². The Morgan fingerprint density at radius 2 is 2.10 bits per heavy atom. The maximum Gasteiger partial charge on any atom is 0.253 e. The van der Waals surface area contributed by atoms with Gasteiger partial charge in [0, 0.05) is 9.50 Å². The first-order valence-corrected chi connectivity index (χ1v) is 7.32. The number of amidine groups is 1. The van der Waals surface area contributed by atoms with Crippen molar-refractivity contribution in [1.29, 1.82) is 0 Å². The van der Waals surface area contributed by atoms with Gasteiger partial charge in [0.2, 0.25) is 0 Å². The Morgan fingerprint density at radius 1 is 1.50 bits per heavy atom. The molecule has 20 heavy (non-hydrogen) atoms. The fourth-order valence-electron chi connectivity index (χ4n) is 1.90. The van der Waals surface area contributed by atoms with Crippen LogP contribution in [0.3, 0.4) is 0 Å². The third kappa shape index (κ3) is 3.43. The van der Waals surface area contributed by atoms with E-state index in [1.54, 1.807) is 18.2 Å². The molecule has 0 aromatic heterocycles. The molecule has 0 atom stereocenters. The Balaban J connectivity index is 3.12. The molecule has 110 valence electrons. The summed E-state index contributed by atoms with van der Waals surface area (Å²) in [6, 6.07) is 4.93. The van der Waals surface area contributed by atoms with Gasteiger partial charge < -0.3 is 16.3 Å². The molecule has 0 saturated carbocycles. The molecule has 0 aliphatic rings. The molecule has 0 fully saturated rings. The number of carbonyl (C=O) groups is 1. The second-order valence-electron chi connectivity index (χ2n) is 4.35. The smallest absolute Gasteiger partial charge is 0.253 e. The summed E-state index contributed by atoms with van der Waals surface area (Å²) in [5.74, 6) is -0.358. The molecule has 0 radical (unpaired) electrons. The van der Waals surface area contributed by atoms with E-state index in [-0.39, 0.29) is 11.7 Å². The molecular formula is C13H17BrClN3O2. The van der Waals surface area contributed by atoms with E-state index in [9.17, 15) is 4.79 Å². The van der Waals surface area contributed by atoms with Gasteiger partial charge in [0.05, 0.1) is 5.56 Å². The monoisotopic (exact) mass is 361 g/mol. The summed E-state index contributed by atoms with van der Waals surface area (Å²) in [4.78, 5) is 12.4. The topological polar surface area (TPSA) is 87.7 Å². The molecule has 0 unspecified atom stereocenters. The SMILES string of the molecule is CCC(CC)(NC(=O)c1cc(Cl)ccc1Br)/C(N)=N/O. The minimum atomic E-state index is -0.881. The zero-order valence-corrected chi connectivity index (χ0v) is 13.6. The maximum absolute atomic E-state index is 12.4. The molecule has 1 amide bonds. The molecule has 4 N–H and O–H groups in total. The summed E-state index contributed by atoms with van der Waals surface area (Å²) < 4.78 is 0.625. The Labute approximate surface area is 131 Å². The molecule has 0 aliphatic heterocycles. The molecular weight excluding hydrogens is 346 g/mol. The molecule has 5 nitrogen and oxygen atoms in total. The summed E-state index contributed by atoms with van der Waals surface area (Å²) >= 11 is 9.21. The summed E-state index contributed by atoms with van der Waals surface area (Å²) in [5, 5.41) is 15.2. The van der Waals surface area contributed by atoms with Crippen LogP contribution >= 0.6 is 27.5 Å². The van der Waals surface area contributed by atoms with Gasteiger partial charge in [-0.15, -0.1) is 0 Å². The van der Waals surface area contributed by atoms with E-state index in [1.807, 2.05) is 13.8 Å². The van der Waals surface area contributed by atoms with Crippen LogP contribution in [0.1, 0.15) is 37.0 Å². The van der Waals surface area contributed by atoms with E-state index >= 15 is 0 Å². The van der Waals surface area contributed by atoms with Crippen LogP contribution in [0.15, 0.2) is 27.8 Å². The van der Waals surface area contributed by atoms with Gasteiger partial charge in [0.15, 0.2) is 5.84 Å². The van der Waals surface area contributed by atoms with E-state index in [2.05, 4.69) is 26.4 Å². The Bertz CT molecular complexity index is 530. The second kappa shape index (κ2) is 6.95. The van der Waals surface area contributed by atoms with Crippen molar-refractivity contribution in [2.24, 2.45) is 10.9 Å². The molecule has 0 aliphatic carbocycles. The van der Waals surface area contributed by atoms with Crippen molar-refractivity contribution in [2.45, 2.75) is 32.2 Å². The van der Waals surface area contributed by atoms with Crippen molar-refractivity contribution in [3.63, 3.8) is 0 Å². The fourth-order valence-corrected chi connectivity index (χ4v) is 2.50. The Hall–Kier alpha value is -1.27. The van der Waals surface area contributed by atoms with Crippen molar-refractivity contribution in [3.8, 4) is 0 Å². The largest absolute Gasteiger partial charge is 0.409 e. The van der Waals surface area contributed by atoms with E-state index in [1.165, 1.54) is 0 Å². The average molecular weight is 363 g/mol. The summed E-state index contributed by atoms with van der Waals surface area (Å²) in [6.07, 6.45) is 1.01. The zero-order valence-electron chi connectivity index (χ0n) is 11.3. The number of carbonyl (C=O) groups excluding carboxylic acids is 1. The quantitative estimate of drug-likeness (QED) is 0.325. The lowest BCUT2D eigenvalue weighted by molar-refractivity contribution is 0.0917. The number of halogens is 2. The first-order chi connectivity index (χ1) is 9.40. The third-order valence-electron chi connectivity index (χ3n) is 3.33. The number of amides is 1. The van der Waals surface area contributed by atoms with Crippen LogP contribution in [0.2, 0.25) is 5.02 Å². The number of rotatable bonds is 5. The van der Waals surface area contributed by atoms with E-state index in [0.717, 1.165) is 0 Å². The predicted octanol–water partition coefficient (Wildman–Crippen LogP) is 3.14. The summed E-state index contributed by atoms with van der Waals surface area (Å²) in [7, 11) is 0. The number of nitrogens with two attached hydrogens (primary N) is 1. The lowest BCUT2D eigenvalue weighted by Crippen LogP contribution is -2.56. The van der Waals surface area contributed by atoms with Crippen LogP contribution in [-0.2, 0) is 0 Å². The number of benzene rings is 1. The molecule has 7 heteroatoms. The lowest BCUT2D eigenvalue weighted by Gasteiger charge is -2.31. The van der Waals surface area contributed by atoms with Gasteiger partial charge in [-0.1, -0.05) is 30.6 Å². The highest BCUT2D eigenvalue weighted by Crippen LogP contribution is 2.23. The summed E-state index contributed by atoms with van der Waals surface area (Å²) in [5.41, 5.74) is 5.23. The van der Waals surface area contributed by atoms with Gasteiger partial charge in [-0.3, -0.25) is 4.79 Å².